The van der Waals surface area contributed by atoms with Crippen molar-refractivity contribution in [1.29, 1.82) is 0 Å². The molecule has 2 saturated heterocycles. The minimum absolute atomic E-state index is 0.790. The molecule has 2 atom stereocenters. The van der Waals surface area contributed by atoms with E-state index in [0.717, 1.165) is 12.1 Å². The molecule has 0 bridgehead atoms. The van der Waals surface area contributed by atoms with E-state index in [2.05, 4.69) is 28.9 Å². The van der Waals surface area contributed by atoms with Gasteiger partial charge in [0.25, 0.3) is 0 Å². The SMILES string of the molecule is CC1CCNCCN1C1CCSC1. The van der Waals surface area contributed by atoms with Crippen molar-refractivity contribution in [3.63, 3.8) is 0 Å². The van der Waals surface area contributed by atoms with Crippen molar-refractivity contribution in [3.05, 3.63) is 0 Å². The molecule has 1 N–H and O–H groups in total. The van der Waals surface area contributed by atoms with Crippen molar-refractivity contribution in [3.8, 4) is 0 Å². The molecule has 2 aliphatic heterocycles. The summed E-state index contributed by atoms with van der Waals surface area (Å²) in [4.78, 5) is 2.72. The van der Waals surface area contributed by atoms with Gasteiger partial charge in [0.15, 0.2) is 0 Å². The molecular formula is C10H20N2S. The van der Waals surface area contributed by atoms with Gasteiger partial charge in [0.1, 0.15) is 0 Å². The summed E-state index contributed by atoms with van der Waals surface area (Å²) in [5.41, 5.74) is 0. The Morgan fingerprint density at radius 3 is 3.00 bits per heavy atom. The highest BCUT2D eigenvalue weighted by Gasteiger charge is 2.27. The van der Waals surface area contributed by atoms with Gasteiger partial charge in [-0.25, -0.2) is 0 Å². The van der Waals surface area contributed by atoms with E-state index in [1.54, 1.807) is 0 Å². The zero-order chi connectivity index (χ0) is 9.10. The largest absolute Gasteiger partial charge is 0.315 e. The molecule has 0 spiro atoms. The Morgan fingerprint density at radius 1 is 1.31 bits per heavy atom. The third-order valence-corrected chi connectivity index (χ3v) is 4.37. The predicted octanol–water partition coefficient (Wildman–Crippen LogP) is 1.18. The van der Waals surface area contributed by atoms with Crippen LogP contribution in [0.1, 0.15) is 19.8 Å². The third-order valence-electron chi connectivity index (χ3n) is 3.23. The fraction of sp³-hybridized carbons (Fsp3) is 1.00. The second-order valence-electron chi connectivity index (χ2n) is 4.14. The summed E-state index contributed by atoms with van der Waals surface area (Å²) in [5.74, 6) is 2.74. The molecule has 76 valence electrons. The Balaban J connectivity index is 1.93. The van der Waals surface area contributed by atoms with Crippen LogP contribution in [0.25, 0.3) is 0 Å². The van der Waals surface area contributed by atoms with Gasteiger partial charge in [0.2, 0.25) is 0 Å². The lowest BCUT2D eigenvalue weighted by atomic mass is 10.1. The van der Waals surface area contributed by atoms with Crippen molar-refractivity contribution in [1.82, 2.24) is 10.2 Å². The average Bonchev–Trinajstić information content (AvgIpc) is 2.56. The van der Waals surface area contributed by atoms with E-state index >= 15 is 0 Å². The van der Waals surface area contributed by atoms with E-state index in [9.17, 15) is 0 Å². The van der Waals surface area contributed by atoms with E-state index in [4.69, 9.17) is 0 Å². The molecule has 0 aliphatic carbocycles. The maximum absolute atomic E-state index is 3.48. The highest BCUT2D eigenvalue weighted by molar-refractivity contribution is 7.99. The van der Waals surface area contributed by atoms with Crippen LogP contribution in [-0.2, 0) is 0 Å². The van der Waals surface area contributed by atoms with E-state index in [-0.39, 0.29) is 0 Å². The van der Waals surface area contributed by atoms with Crippen molar-refractivity contribution in [2.45, 2.75) is 31.8 Å². The third kappa shape index (κ3) is 2.39. The average molecular weight is 200 g/mol. The standard InChI is InChI=1S/C10H20N2S/c1-9-2-4-11-5-6-12(9)10-3-7-13-8-10/h9-11H,2-8H2,1H3. The van der Waals surface area contributed by atoms with Crippen LogP contribution in [-0.4, -0.2) is 48.1 Å². The van der Waals surface area contributed by atoms with Crippen LogP contribution >= 0.6 is 11.8 Å². The Labute approximate surface area is 85.4 Å². The minimum Gasteiger partial charge on any atom is -0.315 e. The Bertz CT molecular complexity index is 157. The fourth-order valence-corrected chi connectivity index (χ4v) is 3.59. The van der Waals surface area contributed by atoms with Crippen LogP contribution in [0, 0.1) is 0 Å². The fourth-order valence-electron chi connectivity index (χ4n) is 2.36. The number of rotatable bonds is 1. The van der Waals surface area contributed by atoms with Gasteiger partial charge < -0.3 is 5.32 Å². The smallest absolute Gasteiger partial charge is 0.0197 e. The van der Waals surface area contributed by atoms with Gasteiger partial charge in [-0.3, -0.25) is 4.90 Å². The molecule has 13 heavy (non-hydrogen) atoms. The van der Waals surface area contributed by atoms with Gasteiger partial charge in [0, 0.05) is 30.9 Å². The number of hydrogen-bond acceptors (Lipinski definition) is 3. The lowest BCUT2D eigenvalue weighted by Crippen LogP contribution is -2.42. The number of hydrogen-bond donors (Lipinski definition) is 1. The molecule has 0 amide bonds. The molecule has 0 aromatic carbocycles. The molecule has 0 radical (unpaired) electrons. The monoisotopic (exact) mass is 200 g/mol. The van der Waals surface area contributed by atoms with Crippen LogP contribution < -0.4 is 5.32 Å². The normalized spacial score (nSPS) is 37.6. The second-order valence-corrected chi connectivity index (χ2v) is 5.29. The van der Waals surface area contributed by atoms with E-state index in [1.807, 2.05) is 0 Å². The van der Waals surface area contributed by atoms with E-state index < -0.39 is 0 Å². The van der Waals surface area contributed by atoms with Crippen molar-refractivity contribution >= 4 is 11.8 Å². The molecule has 2 heterocycles. The van der Waals surface area contributed by atoms with Crippen LogP contribution in [0.15, 0.2) is 0 Å². The predicted molar refractivity (Wildman–Crippen MR) is 59.4 cm³/mol. The highest BCUT2D eigenvalue weighted by atomic mass is 32.2. The van der Waals surface area contributed by atoms with Gasteiger partial charge in [-0.2, -0.15) is 11.8 Å². The Hall–Kier alpha value is 0.270. The molecular weight excluding hydrogens is 180 g/mol. The van der Waals surface area contributed by atoms with Crippen LogP contribution in [0.2, 0.25) is 0 Å². The number of thioether (sulfide) groups is 1. The molecule has 2 aliphatic rings. The van der Waals surface area contributed by atoms with Gasteiger partial charge in [-0.1, -0.05) is 0 Å². The molecule has 0 aromatic heterocycles. The maximum Gasteiger partial charge on any atom is 0.0197 e. The summed E-state index contributed by atoms with van der Waals surface area (Å²) in [6.07, 6.45) is 2.73. The van der Waals surface area contributed by atoms with Crippen molar-refractivity contribution in [2.24, 2.45) is 0 Å². The lowest BCUT2D eigenvalue weighted by Gasteiger charge is -2.32. The van der Waals surface area contributed by atoms with Crippen LogP contribution in [0.4, 0.5) is 0 Å². The summed E-state index contributed by atoms with van der Waals surface area (Å²) < 4.78 is 0. The van der Waals surface area contributed by atoms with Gasteiger partial charge >= 0.3 is 0 Å². The summed E-state index contributed by atoms with van der Waals surface area (Å²) in [5, 5.41) is 3.48. The number of nitrogens with one attached hydrogen (secondary N) is 1. The lowest BCUT2D eigenvalue weighted by molar-refractivity contribution is 0.166. The Kier molecular flexibility index (Phi) is 3.52. The number of nitrogens with zero attached hydrogens (tertiary/aromatic N) is 1. The molecule has 3 heteroatoms. The summed E-state index contributed by atoms with van der Waals surface area (Å²) in [6.45, 7) is 6.03. The minimum atomic E-state index is 0.790. The topological polar surface area (TPSA) is 15.3 Å². The molecule has 0 saturated carbocycles. The quantitative estimate of drug-likeness (QED) is 0.684. The first-order valence-corrected chi connectivity index (χ1v) is 6.57. The first kappa shape index (κ1) is 9.81. The molecule has 2 nitrogen and oxygen atoms in total. The first-order valence-electron chi connectivity index (χ1n) is 5.42. The molecule has 2 rings (SSSR count). The summed E-state index contributed by atoms with van der Waals surface area (Å²) in [6, 6.07) is 1.67. The zero-order valence-electron chi connectivity index (χ0n) is 8.46. The highest BCUT2D eigenvalue weighted by Crippen LogP contribution is 2.24. The van der Waals surface area contributed by atoms with E-state index in [1.165, 1.54) is 44.0 Å². The molecule has 0 aromatic rings. The van der Waals surface area contributed by atoms with Crippen molar-refractivity contribution < 1.29 is 0 Å². The Morgan fingerprint density at radius 2 is 2.23 bits per heavy atom. The van der Waals surface area contributed by atoms with Crippen LogP contribution in [0.5, 0.6) is 0 Å². The van der Waals surface area contributed by atoms with Crippen molar-refractivity contribution in [2.75, 3.05) is 31.1 Å². The zero-order valence-corrected chi connectivity index (χ0v) is 9.28. The molecule has 2 unspecified atom stereocenters. The van der Waals surface area contributed by atoms with E-state index in [0.29, 0.717) is 0 Å². The van der Waals surface area contributed by atoms with Gasteiger partial charge in [-0.15, -0.1) is 0 Å². The van der Waals surface area contributed by atoms with Gasteiger partial charge in [0.05, 0.1) is 0 Å². The van der Waals surface area contributed by atoms with Gasteiger partial charge in [-0.05, 0) is 32.1 Å². The van der Waals surface area contributed by atoms with Crippen LogP contribution in [0.3, 0.4) is 0 Å². The first-order chi connectivity index (χ1) is 6.38. The summed E-state index contributed by atoms with van der Waals surface area (Å²) >= 11 is 2.12. The molecule has 2 fully saturated rings. The maximum atomic E-state index is 3.48. The second kappa shape index (κ2) is 4.67. The summed E-state index contributed by atoms with van der Waals surface area (Å²) in [7, 11) is 0.